The summed E-state index contributed by atoms with van der Waals surface area (Å²) in [6, 6.07) is 14.9. The van der Waals surface area contributed by atoms with Crippen LogP contribution in [-0.4, -0.2) is 26.2 Å². The molecule has 0 atom stereocenters. The van der Waals surface area contributed by atoms with Crippen LogP contribution in [0, 0.1) is 5.82 Å². The fourth-order valence-electron chi connectivity index (χ4n) is 2.51. The Morgan fingerprint density at radius 1 is 1.07 bits per heavy atom. The second kappa shape index (κ2) is 7.16. The second-order valence-corrected chi connectivity index (χ2v) is 6.69. The molecule has 3 aromatic rings. The van der Waals surface area contributed by atoms with E-state index in [-0.39, 0.29) is 23.2 Å². The van der Waals surface area contributed by atoms with Gasteiger partial charge in [0.25, 0.3) is 11.1 Å². The van der Waals surface area contributed by atoms with Crippen LogP contribution in [0.4, 0.5) is 9.18 Å². The van der Waals surface area contributed by atoms with Crippen molar-refractivity contribution in [3.8, 4) is 11.4 Å². The number of thioether (sulfide) groups is 1. The monoisotopic (exact) mass is 381 g/mol. The molecule has 1 saturated heterocycles. The van der Waals surface area contributed by atoms with Gasteiger partial charge in [0.15, 0.2) is 0 Å². The maximum absolute atomic E-state index is 13.0. The van der Waals surface area contributed by atoms with Gasteiger partial charge in [-0.1, -0.05) is 47.6 Å². The third-order valence-electron chi connectivity index (χ3n) is 3.83. The highest BCUT2D eigenvalue weighted by atomic mass is 32.2. The van der Waals surface area contributed by atoms with Gasteiger partial charge in [0.2, 0.25) is 11.7 Å². The lowest BCUT2D eigenvalue weighted by Crippen LogP contribution is -2.27. The highest BCUT2D eigenvalue weighted by Gasteiger charge is 2.36. The predicted octanol–water partition coefficient (Wildman–Crippen LogP) is 4.11. The Hall–Kier alpha value is -3.26. The lowest BCUT2D eigenvalue weighted by atomic mass is 10.2. The molecule has 2 aromatic carbocycles. The number of hydrogen-bond donors (Lipinski definition) is 0. The molecular formula is C19H12FN3O3S. The summed E-state index contributed by atoms with van der Waals surface area (Å²) in [5.41, 5.74) is 1.41. The fraction of sp³-hybridized carbons (Fsp3) is 0.0526. The van der Waals surface area contributed by atoms with Gasteiger partial charge in [0.05, 0.1) is 4.91 Å². The van der Waals surface area contributed by atoms with E-state index in [0.717, 1.165) is 22.2 Å². The van der Waals surface area contributed by atoms with Crippen molar-refractivity contribution in [2.45, 2.75) is 6.54 Å². The van der Waals surface area contributed by atoms with Crippen LogP contribution in [0.1, 0.15) is 11.5 Å². The van der Waals surface area contributed by atoms with Gasteiger partial charge in [-0.2, -0.15) is 4.98 Å². The van der Waals surface area contributed by atoms with Gasteiger partial charge >= 0.3 is 0 Å². The van der Waals surface area contributed by atoms with Gasteiger partial charge in [-0.3, -0.25) is 14.5 Å². The molecule has 1 fully saturated rings. The Kier molecular flexibility index (Phi) is 4.55. The first-order valence-corrected chi connectivity index (χ1v) is 8.81. The molecule has 1 aliphatic heterocycles. The lowest BCUT2D eigenvalue weighted by Gasteiger charge is -2.08. The summed E-state index contributed by atoms with van der Waals surface area (Å²) in [7, 11) is 0. The molecule has 0 spiro atoms. The summed E-state index contributed by atoms with van der Waals surface area (Å²) in [4.78, 5) is 30.3. The van der Waals surface area contributed by atoms with Crippen LogP contribution < -0.4 is 0 Å². The van der Waals surface area contributed by atoms with Crippen molar-refractivity contribution in [1.82, 2.24) is 15.0 Å². The third-order valence-corrected chi connectivity index (χ3v) is 4.74. The van der Waals surface area contributed by atoms with Crippen LogP contribution in [0.25, 0.3) is 17.5 Å². The SMILES string of the molecule is O=C1SC(=Cc2ccc(F)cc2)C(=O)N1Cc1nc(-c2ccccc2)no1. The molecule has 1 aliphatic rings. The molecular weight excluding hydrogens is 369 g/mol. The van der Waals surface area contributed by atoms with Crippen molar-refractivity contribution < 1.29 is 18.5 Å². The van der Waals surface area contributed by atoms with Crippen LogP contribution in [0.15, 0.2) is 64.0 Å². The Morgan fingerprint density at radius 3 is 2.56 bits per heavy atom. The number of aromatic nitrogens is 2. The summed E-state index contributed by atoms with van der Waals surface area (Å²) in [5.74, 6) is -0.265. The molecule has 0 bridgehead atoms. The van der Waals surface area contributed by atoms with Crippen molar-refractivity contribution in [1.29, 1.82) is 0 Å². The van der Waals surface area contributed by atoms with Crippen molar-refractivity contribution in [2.24, 2.45) is 0 Å². The van der Waals surface area contributed by atoms with E-state index in [1.165, 1.54) is 24.3 Å². The van der Waals surface area contributed by atoms with E-state index < -0.39 is 11.1 Å². The van der Waals surface area contributed by atoms with E-state index in [0.29, 0.717) is 11.4 Å². The minimum absolute atomic E-state index is 0.106. The Bertz CT molecular complexity index is 1030. The molecule has 0 radical (unpaired) electrons. The minimum Gasteiger partial charge on any atom is -0.337 e. The number of nitrogens with zero attached hydrogens (tertiary/aromatic N) is 3. The molecule has 2 heterocycles. The van der Waals surface area contributed by atoms with Crippen molar-refractivity contribution >= 4 is 29.0 Å². The highest BCUT2D eigenvalue weighted by Crippen LogP contribution is 2.33. The topological polar surface area (TPSA) is 76.3 Å². The number of carbonyl (C=O) groups is 2. The predicted molar refractivity (Wildman–Crippen MR) is 97.6 cm³/mol. The zero-order valence-electron chi connectivity index (χ0n) is 13.8. The molecule has 8 heteroatoms. The summed E-state index contributed by atoms with van der Waals surface area (Å²) < 4.78 is 18.2. The van der Waals surface area contributed by atoms with Crippen molar-refractivity contribution in [2.75, 3.05) is 0 Å². The maximum atomic E-state index is 13.0. The molecule has 1 aromatic heterocycles. The quantitative estimate of drug-likeness (QED) is 0.633. The zero-order chi connectivity index (χ0) is 18.8. The summed E-state index contributed by atoms with van der Waals surface area (Å²) in [6.07, 6.45) is 1.55. The van der Waals surface area contributed by atoms with E-state index >= 15 is 0 Å². The van der Waals surface area contributed by atoms with E-state index in [1.807, 2.05) is 30.3 Å². The normalized spacial score (nSPS) is 15.7. The van der Waals surface area contributed by atoms with Crippen LogP contribution in [0.2, 0.25) is 0 Å². The summed E-state index contributed by atoms with van der Waals surface area (Å²) >= 11 is 0.818. The summed E-state index contributed by atoms with van der Waals surface area (Å²) in [6.45, 7) is -0.106. The first-order valence-electron chi connectivity index (χ1n) is 7.99. The van der Waals surface area contributed by atoms with E-state index in [4.69, 9.17) is 4.52 Å². The standard InChI is InChI=1S/C19H12FN3O3S/c20-14-8-6-12(7-9-14)10-15-18(24)23(19(25)27-15)11-16-21-17(22-26-16)13-4-2-1-3-5-13/h1-10H,11H2. The van der Waals surface area contributed by atoms with Gasteiger partial charge in [-0.15, -0.1) is 0 Å². The zero-order valence-corrected chi connectivity index (χ0v) is 14.6. The molecule has 0 unspecified atom stereocenters. The lowest BCUT2D eigenvalue weighted by molar-refractivity contribution is -0.123. The van der Waals surface area contributed by atoms with Crippen LogP contribution in [0.3, 0.4) is 0 Å². The van der Waals surface area contributed by atoms with E-state index in [1.54, 1.807) is 6.08 Å². The average Bonchev–Trinajstić information content (AvgIpc) is 3.25. The van der Waals surface area contributed by atoms with Gasteiger partial charge < -0.3 is 4.52 Å². The smallest absolute Gasteiger partial charge is 0.294 e. The van der Waals surface area contributed by atoms with Crippen molar-refractivity contribution in [3.63, 3.8) is 0 Å². The number of rotatable bonds is 4. The molecule has 4 rings (SSSR count). The molecule has 0 saturated carbocycles. The van der Waals surface area contributed by atoms with Crippen LogP contribution in [0.5, 0.6) is 0 Å². The first-order chi connectivity index (χ1) is 13.1. The van der Waals surface area contributed by atoms with Crippen molar-refractivity contribution in [3.05, 3.63) is 76.8 Å². The molecule has 6 nitrogen and oxygen atoms in total. The third kappa shape index (κ3) is 3.65. The Balaban J connectivity index is 1.51. The van der Waals surface area contributed by atoms with Gasteiger partial charge in [-0.25, -0.2) is 4.39 Å². The number of benzene rings is 2. The Morgan fingerprint density at radius 2 is 1.81 bits per heavy atom. The first kappa shape index (κ1) is 17.2. The maximum Gasteiger partial charge on any atom is 0.294 e. The number of halogens is 1. The van der Waals surface area contributed by atoms with Gasteiger partial charge in [0, 0.05) is 5.56 Å². The largest absolute Gasteiger partial charge is 0.337 e. The second-order valence-electron chi connectivity index (χ2n) is 5.70. The fourth-order valence-corrected chi connectivity index (χ4v) is 3.34. The van der Waals surface area contributed by atoms with Gasteiger partial charge in [-0.05, 0) is 35.5 Å². The number of imide groups is 1. The van der Waals surface area contributed by atoms with E-state index in [9.17, 15) is 14.0 Å². The van der Waals surface area contributed by atoms with Crippen LogP contribution in [-0.2, 0) is 11.3 Å². The number of amides is 2. The molecule has 27 heavy (non-hydrogen) atoms. The minimum atomic E-state index is -0.450. The summed E-state index contributed by atoms with van der Waals surface area (Å²) in [5, 5.41) is 3.46. The number of carbonyl (C=O) groups excluding carboxylic acids is 2. The highest BCUT2D eigenvalue weighted by molar-refractivity contribution is 8.18. The van der Waals surface area contributed by atoms with E-state index in [2.05, 4.69) is 10.1 Å². The average molecular weight is 381 g/mol. The molecule has 0 aliphatic carbocycles. The van der Waals surface area contributed by atoms with Gasteiger partial charge in [0.1, 0.15) is 12.4 Å². The molecule has 0 N–H and O–H groups in total. The van der Waals surface area contributed by atoms with Crippen LogP contribution >= 0.6 is 11.8 Å². The molecule has 134 valence electrons. The molecule has 2 amide bonds. The Labute approximate surface area is 157 Å². The number of hydrogen-bond acceptors (Lipinski definition) is 6.